The number of hydrogen-bond acceptors (Lipinski definition) is 4. The van der Waals surface area contributed by atoms with Crippen LogP contribution < -0.4 is 15.5 Å². The Morgan fingerprint density at radius 3 is 2.72 bits per heavy atom. The summed E-state index contributed by atoms with van der Waals surface area (Å²) in [5.74, 6) is -0.306. The highest BCUT2D eigenvalue weighted by Gasteiger charge is 2.30. The van der Waals surface area contributed by atoms with E-state index in [1.807, 2.05) is 55.9 Å². The van der Waals surface area contributed by atoms with E-state index in [0.29, 0.717) is 5.69 Å². The molecule has 0 aliphatic carbocycles. The lowest BCUT2D eigenvalue weighted by Crippen LogP contribution is -2.52. The average molecular weight is 341 g/mol. The highest BCUT2D eigenvalue weighted by molar-refractivity contribution is 6.11. The molecular formula is C18H23N5O2. The summed E-state index contributed by atoms with van der Waals surface area (Å²) < 4.78 is 1.86. The Morgan fingerprint density at radius 1 is 1.24 bits per heavy atom. The van der Waals surface area contributed by atoms with Crippen molar-refractivity contribution in [2.24, 2.45) is 0 Å². The average Bonchev–Trinajstić information content (AvgIpc) is 3.14. The molecule has 3 rings (SSSR count). The molecule has 2 aromatic rings. The zero-order chi connectivity index (χ0) is 18.0. The van der Waals surface area contributed by atoms with E-state index in [9.17, 15) is 9.59 Å². The molecule has 0 saturated heterocycles. The van der Waals surface area contributed by atoms with Crippen molar-refractivity contribution in [3.63, 3.8) is 0 Å². The zero-order valence-electron chi connectivity index (χ0n) is 14.6. The number of hydrogen-bond donors (Lipinski definition) is 2. The molecular weight excluding hydrogens is 318 g/mol. The molecule has 0 saturated carbocycles. The second-order valence-electron chi connectivity index (χ2n) is 6.39. The van der Waals surface area contributed by atoms with Crippen molar-refractivity contribution in [1.82, 2.24) is 15.1 Å². The van der Waals surface area contributed by atoms with Crippen LogP contribution in [0.25, 0.3) is 0 Å². The fraction of sp³-hybridized carbons (Fsp3) is 0.389. The first kappa shape index (κ1) is 17.2. The SMILES string of the molecule is C[C@H](N[C@H](C)[C@@H](C)n1cccn1)C(=O)N1CC(=O)Nc2ccccc21. The van der Waals surface area contributed by atoms with Crippen LogP contribution in [0.2, 0.25) is 0 Å². The molecule has 0 radical (unpaired) electrons. The van der Waals surface area contributed by atoms with Crippen LogP contribution in [0, 0.1) is 0 Å². The van der Waals surface area contributed by atoms with Gasteiger partial charge in [-0.2, -0.15) is 5.10 Å². The Hall–Kier alpha value is -2.67. The lowest BCUT2D eigenvalue weighted by Gasteiger charge is -2.33. The van der Waals surface area contributed by atoms with Crippen LogP contribution in [-0.2, 0) is 9.59 Å². The number of anilines is 2. The maximum atomic E-state index is 12.9. The van der Waals surface area contributed by atoms with E-state index >= 15 is 0 Å². The second-order valence-corrected chi connectivity index (χ2v) is 6.39. The number of rotatable bonds is 5. The number of fused-ring (bicyclic) bond motifs is 1. The molecule has 1 aromatic heterocycles. The van der Waals surface area contributed by atoms with E-state index in [0.717, 1.165) is 5.69 Å². The first-order valence-electron chi connectivity index (χ1n) is 8.43. The molecule has 0 spiro atoms. The van der Waals surface area contributed by atoms with Gasteiger partial charge in [-0.3, -0.25) is 19.2 Å². The first-order chi connectivity index (χ1) is 12.0. The van der Waals surface area contributed by atoms with E-state index < -0.39 is 6.04 Å². The van der Waals surface area contributed by atoms with Gasteiger partial charge in [-0.25, -0.2) is 0 Å². The smallest absolute Gasteiger partial charge is 0.244 e. The molecule has 0 bridgehead atoms. The predicted molar refractivity (Wildman–Crippen MR) is 96.4 cm³/mol. The highest BCUT2D eigenvalue weighted by Crippen LogP contribution is 2.29. The van der Waals surface area contributed by atoms with Crippen LogP contribution in [0.4, 0.5) is 11.4 Å². The Labute approximate surface area is 147 Å². The maximum Gasteiger partial charge on any atom is 0.244 e. The van der Waals surface area contributed by atoms with Gasteiger partial charge in [-0.1, -0.05) is 12.1 Å². The van der Waals surface area contributed by atoms with Gasteiger partial charge < -0.3 is 10.6 Å². The summed E-state index contributed by atoms with van der Waals surface area (Å²) in [5.41, 5.74) is 1.39. The molecule has 7 heteroatoms. The molecule has 1 aliphatic rings. The van der Waals surface area contributed by atoms with Crippen molar-refractivity contribution >= 4 is 23.2 Å². The molecule has 2 amide bonds. The lowest BCUT2D eigenvalue weighted by atomic mass is 10.1. The third kappa shape index (κ3) is 3.56. The van der Waals surface area contributed by atoms with Gasteiger partial charge in [0.15, 0.2) is 0 Å². The summed E-state index contributed by atoms with van der Waals surface area (Å²) in [5, 5.41) is 10.4. The Balaban J connectivity index is 1.71. The minimum absolute atomic E-state index is 0.0327. The number of nitrogens with zero attached hydrogens (tertiary/aromatic N) is 3. The van der Waals surface area contributed by atoms with E-state index in [1.165, 1.54) is 4.90 Å². The van der Waals surface area contributed by atoms with E-state index in [4.69, 9.17) is 0 Å². The number of carbonyl (C=O) groups excluding carboxylic acids is 2. The molecule has 3 atom stereocenters. The van der Waals surface area contributed by atoms with Gasteiger partial charge in [0.1, 0.15) is 6.54 Å². The molecule has 0 unspecified atom stereocenters. The van der Waals surface area contributed by atoms with Crippen LogP contribution in [0.5, 0.6) is 0 Å². The van der Waals surface area contributed by atoms with E-state index in [-0.39, 0.29) is 30.4 Å². The van der Waals surface area contributed by atoms with Crippen molar-refractivity contribution in [1.29, 1.82) is 0 Å². The van der Waals surface area contributed by atoms with Crippen molar-refractivity contribution in [2.75, 3.05) is 16.8 Å². The summed E-state index contributed by atoms with van der Waals surface area (Å²) in [6.07, 6.45) is 3.64. The van der Waals surface area contributed by atoms with Crippen LogP contribution in [0.3, 0.4) is 0 Å². The van der Waals surface area contributed by atoms with Crippen molar-refractivity contribution < 1.29 is 9.59 Å². The number of carbonyl (C=O) groups is 2. The van der Waals surface area contributed by atoms with Crippen LogP contribution >= 0.6 is 0 Å². The van der Waals surface area contributed by atoms with Gasteiger partial charge >= 0.3 is 0 Å². The number of nitrogens with one attached hydrogen (secondary N) is 2. The van der Waals surface area contributed by atoms with E-state index in [2.05, 4.69) is 15.7 Å². The standard InChI is InChI=1S/C18H23N5O2/c1-12(14(3)23-10-6-9-19-23)20-13(2)18(25)22-11-17(24)21-15-7-4-5-8-16(15)22/h4-10,12-14,20H,11H2,1-3H3,(H,21,24)/t12-,13+,14-/m1/s1. The quantitative estimate of drug-likeness (QED) is 0.869. The molecule has 0 fully saturated rings. The van der Waals surface area contributed by atoms with Crippen molar-refractivity contribution in [3.8, 4) is 0 Å². The zero-order valence-corrected chi connectivity index (χ0v) is 14.6. The molecule has 2 N–H and O–H groups in total. The Morgan fingerprint density at radius 2 is 2.00 bits per heavy atom. The third-order valence-electron chi connectivity index (χ3n) is 4.59. The van der Waals surface area contributed by atoms with Crippen LogP contribution in [0.1, 0.15) is 26.8 Å². The number of benzene rings is 1. The minimum atomic E-state index is -0.424. The molecule has 1 aliphatic heterocycles. The number of amides is 2. The fourth-order valence-electron chi connectivity index (χ4n) is 3.02. The van der Waals surface area contributed by atoms with E-state index in [1.54, 1.807) is 12.3 Å². The fourth-order valence-corrected chi connectivity index (χ4v) is 3.02. The monoisotopic (exact) mass is 341 g/mol. The number of aromatic nitrogens is 2. The van der Waals surface area contributed by atoms with Crippen molar-refractivity contribution in [2.45, 2.75) is 38.9 Å². The summed E-state index contributed by atoms with van der Waals surface area (Å²) in [6.45, 7) is 5.92. The largest absolute Gasteiger partial charge is 0.323 e. The summed E-state index contributed by atoms with van der Waals surface area (Å²) in [4.78, 5) is 26.4. The first-order valence-corrected chi connectivity index (χ1v) is 8.43. The van der Waals surface area contributed by atoms with Crippen molar-refractivity contribution in [3.05, 3.63) is 42.7 Å². The lowest BCUT2D eigenvalue weighted by molar-refractivity contribution is -0.123. The van der Waals surface area contributed by atoms with Crippen LogP contribution in [0.15, 0.2) is 42.7 Å². The number of para-hydroxylation sites is 2. The third-order valence-corrected chi connectivity index (χ3v) is 4.59. The minimum Gasteiger partial charge on any atom is -0.323 e. The van der Waals surface area contributed by atoms with Gasteiger partial charge in [-0.15, -0.1) is 0 Å². The van der Waals surface area contributed by atoms with Crippen LogP contribution in [-0.4, -0.2) is 40.2 Å². The summed E-state index contributed by atoms with van der Waals surface area (Å²) in [7, 11) is 0. The van der Waals surface area contributed by atoms with Gasteiger partial charge in [0.25, 0.3) is 0 Å². The highest BCUT2D eigenvalue weighted by atomic mass is 16.2. The summed E-state index contributed by atoms with van der Waals surface area (Å²) >= 11 is 0. The Kier molecular flexibility index (Phi) is 4.85. The van der Waals surface area contributed by atoms with Gasteiger partial charge in [0.05, 0.1) is 23.5 Å². The second kappa shape index (κ2) is 7.06. The molecule has 25 heavy (non-hydrogen) atoms. The van der Waals surface area contributed by atoms with Gasteiger partial charge in [-0.05, 0) is 39.0 Å². The molecule has 1 aromatic carbocycles. The topological polar surface area (TPSA) is 79.3 Å². The predicted octanol–water partition coefficient (Wildman–Crippen LogP) is 1.80. The molecule has 2 heterocycles. The molecule has 132 valence electrons. The normalized spacial score (nSPS) is 17.4. The van der Waals surface area contributed by atoms with Gasteiger partial charge in [0, 0.05) is 18.4 Å². The molecule has 7 nitrogen and oxygen atoms in total. The Bertz CT molecular complexity index is 759. The summed E-state index contributed by atoms with van der Waals surface area (Å²) in [6, 6.07) is 8.92. The van der Waals surface area contributed by atoms with Gasteiger partial charge in [0.2, 0.25) is 11.8 Å². The maximum absolute atomic E-state index is 12.9.